The maximum Gasteiger partial charge on any atom is 0.291 e. The molecule has 4 rings (SSSR count). The maximum absolute atomic E-state index is 13.6. The van der Waals surface area contributed by atoms with E-state index in [2.05, 4.69) is 39.4 Å². The standard InChI is InChI=1S/C25H39N9O3/c1-16(2)15-19-22-26-18(4)30-34(22)14-13-32(11-8-10-21(35)31(5)17(3)24(36)27-19)25(37)23-29-28-20-9-6-7-12-33(20)23/h16-17,19H,6-15H2,1-5H3,(H,27,36)/t17-,19+/m0/s1. The lowest BCUT2D eigenvalue weighted by Crippen LogP contribution is -2.48. The normalized spacial score (nSPS) is 21.9. The van der Waals surface area contributed by atoms with Gasteiger partial charge in [-0.15, -0.1) is 10.2 Å². The van der Waals surface area contributed by atoms with Gasteiger partial charge < -0.3 is 19.7 Å². The average molecular weight is 514 g/mol. The molecule has 37 heavy (non-hydrogen) atoms. The molecule has 0 bridgehead atoms. The number of likely N-dealkylation sites (N-methyl/N-ethyl adjacent to an activating group) is 1. The molecule has 0 spiro atoms. The second kappa shape index (κ2) is 11.4. The molecule has 0 fully saturated rings. The first-order chi connectivity index (χ1) is 17.7. The van der Waals surface area contributed by atoms with Crippen LogP contribution >= 0.6 is 0 Å². The Morgan fingerprint density at radius 3 is 2.59 bits per heavy atom. The fourth-order valence-electron chi connectivity index (χ4n) is 5.01. The van der Waals surface area contributed by atoms with Crippen molar-refractivity contribution >= 4 is 17.7 Å². The van der Waals surface area contributed by atoms with Crippen LogP contribution in [0, 0.1) is 12.8 Å². The summed E-state index contributed by atoms with van der Waals surface area (Å²) in [7, 11) is 1.65. The summed E-state index contributed by atoms with van der Waals surface area (Å²) in [6.07, 6.45) is 4.25. The Morgan fingerprint density at radius 1 is 1.05 bits per heavy atom. The Hall–Kier alpha value is -3.31. The molecule has 2 aromatic rings. The van der Waals surface area contributed by atoms with Crippen LogP contribution in [0.1, 0.15) is 87.0 Å². The first kappa shape index (κ1) is 26.7. The van der Waals surface area contributed by atoms with E-state index < -0.39 is 6.04 Å². The third-order valence-corrected chi connectivity index (χ3v) is 7.23. The van der Waals surface area contributed by atoms with Crippen LogP contribution in [0.2, 0.25) is 0 Å². The van der Waals surface area contributed by atoms with Crippen LogP contribution in [0.15, 0.2) is 0 Å². The fraction of sp³-hybridized carbons (Fsp3) is 0.720. The highest BCUT2D eigenvalue weighted by molar-refractivity contribution is 5.91. The second-order valence-electron chi connectivity index (χ2n) is 10.6. The number of nitrogens with zero attached hydrogens (tertiary/aromatic N) is 8. The predicted octanol–water partition coefficient (Wildman–Crippen LogP) is 1.50. The van der Waals surface area contributed by atoms with Gasteiger partial charge >= 0.3 is 0 Å². The van der Waals surface area contributed by atoms with Crippen molar-refractivity contribution in [1.29, 1.82) is 0 Å². The average Bonchev–Trinajstić information content (AvgIpc) is 3.46. The van der Waals surface area contributed by atoms with Gasteiger partial charge in [0.25, 0.3) is 5.91 Å². The summed E-state index contributed by atoms with van der Waals surface area (Å²) in [5.74, 6) is 2.22. The van der Waals surface area contributed by atoms with Crippen molar-refractivity contribution in [1.82, 2.24) is 44.6 Å². The zero-order valence-corrected chi connectivity index (χ0v) is 22.6. The highest BCUT2D eigenvalue weighted by Crippen LogP contribution is 2.22. The molecule has 2 aromatic heterocycles. The van der Waals surface area contributed by atoms with Crippen molar-refractivity contribution in [2.45, 2.75) is 91.4 Å². The van der Waals surface area contributed by atoms with E-state index in [1.807, 2.05) is 11.5 Å². The van der Waals surface area contributed by atoms with Gasteiger partial charge in [0.1, 0.15) is 23.5 Å². The fourth-order valence-corrected chi connectivity index (χ4v) is 5.01. The van der Waals surface area contributed by atoms with Crippen molar-refractivity contribution in [2.24, 2.45) is 5.92 Å². The molecule has 2 atom stereocenters. The number of amides is 3. The molecule has 202 valence electrons. The molecular weight excluding hydrogens is 474 g/mol. The molecule has 0 unspecified atom stereocenters. The van der Waals surface area contributed by atoms with Crippen LogP contribution in [0.5, 0.6) is 0 Å². The molecule has 0 saturated heterocycles. The minimum atomic E-state index is -0.636. The lowest BCUT2D eigenvalue weighted by Gasteiger charge is -2.29. The first-order valence-electron chi connectivity index (χ1n) is 13.3. The Labute approximate surface area is 217 Å². The summed E-state index contributed by atoms with van der Waals surface area (Å²) in [4.78, 5) is 47.5. The zero-order chi connectivity index (χ0) is 26.7. The summed E-state index contributed by atoms with van der Waals surface area (Å²) in [6, 6.07) is -1.00. The summed E-state index contributed by atoms with van der Waals surface area (Å²) in [5, 5.41) is 16.2. The molecule has 12 nitrogen and oxygen atoms in total. The van der Waals surface area contributed by atoms with Gasteiger partial charge in [-0.05, 0) is 45.4 Å². The summed E-state index contributed by atoms with van der Waals surface area (Å²) in [5.41, 5.74) is 0. The quantitative estimate of drug-likeness (QED) is 0.658. The molecule has 0 radical (unpaired) electrons. The van der Waals surface area contributed by atoms with Gasteiger partial charge in [-0.25, -0.2) is 9.67 Å². The van der Waals surface area contributed by atoms with E-state index in [0.717, 1.165) is 31.6 Å². The van der Waals surface area contributed by atoms with Gasteiger partial charge in [-0.1, -0.05) is 13.8 Å². The number of fused-ring (bicyclic) bond motifs is 2. The van der Waals surface area contributed by atoms with Crippen LogP contribution in [-0.2, 0) is 29.1 Å². The predicted molar refractivity (Wildman–Crippen MR) is 135 cm³/mol. The zero-order valence-electron chi connectivity index (χ0n) is 22.6. The van der Waals surface area contributed by atoms with Gasteiger partial charge in [0.15, 0.2) is 0 Å². The van der Waals surface area contributed by atoms with Gasteiger partial charge in [0.05, 0.1) is 12.6 Å². The SMILES string of the molecule is Cc1nc2n(n1)CCN(C(=O)c1nnc3n1CCCC3)CCCC(=O)N(C)[C@@H](C)C(=O)N[C@@H]2CC(C)C. The van der Waals surface area contributed by atoms with Gasteiger partial charge in [0, 0.05) is 39.5 Å². The smallest absolute Gasteiger partial charge is 0.291 e. The topological polar surface area (TPSA) is 131 Å². The Balaban J connectivity index is 1.66. The summed E-state index contributed by atoms with van der Waals surface area (Å²) < 4.78 is 3.73. The van der Waals surface area contributed by atoms with E-state index in [-0.39, 0.29) is 30.2 Å². The lowest BCUT2D eigenvalue weighted by atomic mass is 10.0. The van der Waals surface area contributed by atoms with Crippen molar-refractivity contribution in [3.63, 3.8) is 0 Å². The van der Waals surface area contributed by atoms with Crippen molar-refractivity contribution in [3.8, 4) is 0 Å². The number of hydrogen-bond donors (Lipinski definition) is 1. The number of aryl methyl sites for hydroxylation is 2. The highest BCUT2D eigenvalue weighted by atomic mass is 16.2. The van der Waals surface area contributed by atoms with E-state index in [0.29, 0.717) is 55.9 Å². The molecule has 2 aliphatic heterocycles. The van der Waals surface area contributed by atoms with E-state index >= 15 is 0 Å². The highest BCUT2D eigenvalue weighted by Gasteiger charge is 2.30. The molecule has 4 heterocycles. The molecule has 0 aliphatic carbocycles. The minimum Gasteiger partial charge on any atom is -0.344 e. The van der Waals surface area contributed by atoms with Crippen molar-refractivity contribution < 1.29 is 14.4 Å². The van der Waals surface area contributed by atoms with Crippen LogP contribution < -0.4 is 5.32 Å². The number of rotatable bonds is 3. The summed E-state index contributed by atoms with van der Waals surface area (Å²) >= 11 is 0. The van der Waals surface area contributed by atoms with Crippen LogP contribution in [-0.4, -0.2) is 83.2 Å². The van der Waals surface area contributed by atoms with Crippen LogP contribution in [0.25, 0.3) is 0 Å². The number of carbonyl (C=O) groups is 3. The lowest BCUT2D eigenvalue weighted by molar-refractivity contribution is -0.138. The monoisotopic (exact) mass is 513 g/mol. The van der Waals surface area contributed by atoms with Crippen molar-refractivity contribution in [2.75, 3.05) is 20.1 Å². The molecule has 0 saturated carbocycles. The Kier molecular flexibility index (Phi) is 8.23. The second-order valence-corrected chi connectivity index (χ2v) is 10.6. The number of nitrogens with one attached hydrogen (secondary N) is 1. The van der Waals surface area contributed by atoms with Crippen LogP contribution in [0.3, 0.4) is 0 Å². The minimum absolute atomic E-state index is 0.133. The number of carbonyl (C=O) groups excluding carboxylic acids is 3. The number of hydrogen-bond acceptors (Lipinski definition) is 7. The first-order valence-corrected chi connectivity index (χ1v) is 13.3. The Bertz CT molecular complexity index is 1140. The Morgan fingerprint density at radius 2 is 1.84 bits per heavy atom. The molecule has 0 aromatic carbocycles. The summed E-state index contributed by atoms with van der Waals surface area (Å²) in [6.45, 7) is 9.64. The van der Waals surface area contributed by atoms with Gasteiger partial charge in [-0.3, -0.25) is 14.4 Å². The molecule has 1 N–H and O–H groups in total. The molecular formula is C25H39N9O3. The van der Waals surface area contributed by atoms with Gasteiger partial charge in [-0.2, -0.15) is 5.10 Å². The largest absolute Gasteiger partial charge is 0.344 e. The van der Waals surface area contributed by atoms with E-state index in [1.165, 1.54) is 4.90 Å². The van der Waals surface area contributed by atoms with Crippen LogP contribution in [0.4, 0.5) is 0 Å². The maximum atomic E-state index is 13.6. The van der Waals surface area contributed by atoms with Gasteiger partial charge in [0.2, 0.25) is 17.6 Å². The van der Waals surface area contributed by atoms with E-state index in [4.69, 9.17) is 0 Å². The molecule has 2 aliphatic rings. The van der Waals surface area contributed by atoms with E-state index in [1.54, 1.807) is 23.6 Å². The third-order valence-electron chi connectivity index (χ3n) is 7.23. The number of aromatic nitrogens is 6. The molecule has 3 amide bonds. The van der Waals surface area contributed by atoms with E-state index in [9.17, 15) is 14.4 Å². The molecule has 12 heteroatoms. The van der Waals surface area contributed by atoms with Crippen molar-refractivity contribution in [3.05, 3.63) is 23.3 Å². The third kappa shape index (κ3) is 5.99.